The largest absolute Gasteiger partial charge is 0.384 e. The van der Waals surface area contributed by atoms with Gasteiger partial charge in [0.05, 0.1) is 6.10 Å². The fourth-order valence-corrected chi connectivity index (χ4v) is 2.08. The summed E-state index contributed by atoms with van der Waals surface area (Å²) in [5, 5.41) is 12.2. The lowest BCUT2D eigenvalue weighted by molar-refractivity contribution is 0.230. The number of carbonyl (C=O) groups excluding carboxylic acids is 1. The van der Waals surface area contributed by atoms with Crippen LogP contribution in [0.15, 0.2) is 42.5 Å². The van der Waals surface area contributed by atoms with Gasteiger partial charge in [0, 0.05) is 0 Å². The third-order valence-electron chi connectivity index (χ3n) is 2.87. The first kappa shape index (κ1) is 14.4. The molecule has 6 heteroatoms. The smallest absolute Gasteiger partial charge is 0.325 e. The van der Waals surface area contributed by atoms with Gasteiger partial charge in [0.2, 0.25) is 0 Å². The molecular weight excluding hydrogens is 280 g/mol. The molecule has 20 heavy (non-hydrogen) atoms. The Morgan fingerprint density at radius 1 is 1.10 bits per heavy atom. The first-order chi connectivity index (χ1) is 9.42. The lowest BCUT2D eigenvalue weighted by Crippen LogP contribution is -1.99. The Balaban J connectivity index is 0.000000212. The van der Waals surface area contributed by atoms with Crippen LogP contribution >= 0.6 is 0 Å². The molecule has 0 saturated heterocycles. The van der Waals surface area contributed by atoms with Crippen LogP contribution in [0.1, 0.15) is 17.2 Å². The highest BCUT2D eigenvalue weighted by atomic mass is 32.2. The molecule has 0 saturated carbocycles. The van der Waals surface area contributed by atoms with Gasteiger partial charge in [0.15, 0.2) is 0 Å². The molecule has 0 radical (unpaired) electrons. The predicted octanol–water partition coefficient (Wildman–Crippen LogP) is 1.96. The van der Waals surface area contributed by atoms with Crippen LogP contribution in [-0.4, -0.2) is 23.7 Å². The van der Waals surface area contributed by atoms with Crippen LogP contribution in [-0.2, 0) is 14.9 Å². The quantitative estimate of drug-likeness (QED) is 0.619. The number of hydrogen-bond donors (Lipinski definition) is 2. The fourth-order valence-electron chi connectivity index (χ4n) is 2.08. The zero-order valence-electron chi connectivity index (χ0n) is 10.3. The van der Waals surface area contributed by atoms with Crippen molar-refractivity contribution in [3.05, 3.63) is 53.6 Å². The molecule has 1 aliphatic carbocycles. The van der Waals surface area contributed by atoms with Gasteiger partial charge in [-0.2, -0.15) is 8.42 Å². The second kappa shape index (κ2) is 5.54. The van der Waals surface area contributed by atoms with E-state index in [1.165, 1.54) is 16.3 Å². The molecule has 0 fully saturated rings. The second-order valence-electron chi connectivity index (χ2n) is 4.21. The summed E-state index contributed by atoms with van der Waals surface area (Å²) in [7, 11) is -4.34. The molecule has 0 spiro atoms. The van der Waals surface area contributed by atoms with E-state index in [1.807, 2.05) is 30.4 Å². The van der Waals surface area contributed by atoms with E-state index in [1.54, 1.807) is 0 Å². The number of aliphatic hydroxyl groups is 1. The van der Waals surface area contributed by atoms with Crippen molar-refractivity contribution in [2.45, 2.75) is 6.10 Å². The van der Waals surface area contributed by atoms with E-state index < -0.39 is 21.8 Å². The Bertz CT molecular complexity index is 760. The molecular formula is C14H12O5S. The van der Waals surface area contributed by atoms with Crippen molar-refractivity contribution < 1.29 is 22.9 Å². The first-order valence-electron chi connectivity index (χ1n) is 5.73. The van der Waals surface area contributed by atoms with Crippen molar-refractivity contribution in [2.24, 2.45) is 0 Å². The Hall–Kier alpha value is -2.02. The van der Waals surface area contributed by atoms with Gasteiger partial charge >= 0.3 is 10.1 Å². The van der Waals surface area contributed by atoms with E-state index in [0.29, 0.717) is 0 Å². The van der Waals surface area contributed by atoms with Gasteiger partial charge in [-0.1, -0.05) is 48.6 Å². The maximum atomic E-state index is 9.79. The van der Waals surface area contributed by atoms with Crippen molar-refractivity contribution in [3.63, 3.8) is 0 Å². The van der Waals surface area contributed by atoms with Crippen molar-refractivity contribution in [2.75, 3.05) is 0 Å². The molecule has 3 rings (SSSR count). The van der Waals surface area contributed by atoms with Crippen molar-refractivity contribution in [1.29, 1.82) is 0 Å². The van der Waals surface area contributed by atoms with Crippen LogP contribution in [0, 0.1) is 0 Å². The number of hydrogen-bond acceptors (Lipinski definition) is 4. The second-order valence-corrected chi connectivity index (χ2v) is 5.43. The number of aliphatic hydroxyl groups excluding tert-OH is 1. The average Bonchev–Trinajstić information content (AvgIpc) is 2.43. The summed E-state index contributed by atoms with van der Waals surface area (Å²) >= 11 is 0. The highest BCUT2D eigenvalue weighted by Crippen LogP contribution is 2.32. The van der Waals surface area contributed by atoms with Gasteiger partial charge in [0.25, 0.3) is 5.62 Å². The van der Waals surface area contributed by atoms with Gasteiger partial charge < -0.3 is 5.11 Å². The van der Waals surface area contributed by atoms with Crippen molar-refractivity contribution >= 4 is 32.6 Å². The van der Waals surface area contributed by atoms with Crippen molar-refractivity contribution in [3.8, 4) is 0 Å². The van der Waals surface area contributed by atoms with Crippen LogP contribution in [0.3, 0.4) is 0 Å². The van der Waals surface area contributed by atoms with Crippen LogP contribution in [0.25, 0.3) is 16.8 Å². The summed E-state index contributed by atoms with van der Waals surface area (Å²) in [4.78, 5) is 8.99. The van der Waals surface area contributed by atoms with E-state index in [-0.39, 0.29) is 0 Å². The van der Waals surface area contributed by atoms with Gasteiger partial charge in [-0.05, 0) is 21.9 Å². The molecule has 0 amide bonds. The van der Waals surface area contributed by atoms with Gasteiger partial charge in [-0.25, -0.2) is 0 Å². The molecule has 0 aromatic heterocycles. The Kier molecular flexibility index (Phi) is 3.99. The fraction of sp³-hybridized carbons (Fsp3) is 0.0714. The normalized spacial score (nSPS) is 16.4. The van der Waals surface area contributed by atoms with E-state index in [0.717, 1.165) is 5.56 Å². The molecule has 1 aliphatic rings. The lowest BCUT2D eigenvalue weighted by atomic mass is 9.92. The average molecular weight is 292 g/mol. The lowest BCUT2D eigenvalue weighted by Gasteiger charge is -2.16. The number of carbonyl (C=O) groups is 1. The Labute approximate surface area is 115 Å². The van der Waals surface area contributed by atoms with E-state index in [9.17, 15) is 13.5 Å². The van der Waals surface area contributed by atoms with E-state index >= 15 is 0 Å². The topological polar surface area (TPSA) is 91.7 Å². The third-order valence-corrected chi connectivity index (χ3v) is 3.11. The van der Waals surface area contributed by atoms with Crippen LogP contribution in [0.4, 0.5) is 0 Å². The molecule has 5 nitrogen and oxygen atoms in total. The highest BCUT2D eigenvalue weighted by Gasteiger charge is 2.13. The summed E-state index contributed by atoms with van der Waals surface area (Å²) in [6.07, 6.45) is 3.37. The molecule has 1 unspecified atom stereocenters. The molecule has 2 aromatic carbocycles. The highest BCUT2D eigenvalue weighted by molar-refractivity contribution is 7.99. The van der Waals surface area contributed by atoms with E-state index in [2.05, 4.69) is 18.2 Å². The molecule has 0 heterocycles. The minimum absolute atomic E-state index is 0.450. The third kappa shape index (κ3) is 3.11. The minimum atomic E-state index is -4.34. The SMILES string of the molecule is O=CS(=O)(=O)O.OC1C=Cc2cccc3cccc1c23. The Morgan fingerprint density at radius 3 is 2.30 bits per heavy atom. The zero-order chi connectivity index (χ0) is 14.8. The molecule has 0 bridgehead atoms. The Morgan fingerprint density at radius 2 is 1.70 bits per heavy atom. The summed E-state index contributed by atoms with van der Waals surface area (Å²) in [6, 6.07) is 12.3. The maximum absolute atomic E-state index is 9.79. The summed E-state index contributed by atoms with van der Waals surface area (Å²) in [5.41, 5.74) is 1.68. The van der Waals surface area contributed by atoms with E-state index in [4.69, 9.17) is 9.35 Å². The van der Waals surface area contributed by atoms with Crippen LogP contribution in [0.5, 0.6) is 0 Å². The number of rotatable bonds is 1. The molecule has 2 aromatic rings. The molecule has 1 atom stereocenters. The zero-order valence-corrected chi connectivity index (χ0v) is 11.1. The van der Waals surface area contributed by atoms with Crippen LogP contribution < -0.4 is 0 Å². The van der Waals surface area contributed by atoms with Crippen molar-refractivity contribution in [1.82, 2.24) is 0 Å². The number of benzene rings is 2. The van der Waals surface area contributed by atoms with Gasteiger partial charge in [0.1, 0.15) is 0 Å². The standard InChI is InChI=1S/C13H10O.CH2O4S/c14-12-8-7-10-4-1-3-9-5-2-6-11(12)13(9)10;2-1-6(3,4)5/h1-8,12,14H;1H,(H,3,4,5). The monoisotopic (exact) mass is 292 g/mol. The summed E-state index contributed by atoms with van der Waals surface area (Å²) in [6.45, 7) is 0. The van der Waals surface area contributed by atoms with Gasteiger partial charge in [-0.3, -0.25) is 9.35 Å². The summed E-state index contributed by atoms with van der Waals surface area (Å²) < 4.78 is 25.8. The van der Waals surface area contributed by atoms with Gasteiger partial charge in [-0.15, -0.1) is 0 Å². The summed E-state index contributed by atoms with van der Waals surface area (Å²) in [5.74, 6) is 0. The predicted molar refractivity (Wildman–Crippen MR) is 76.2 cm³/mol. The first-order valence-corrected chi connectivity index (χ1v) is 7.23. The molecule has 2 N–H and O–H groups in total. The van der Waals surface area contributed by atoms with Crippen LogP contribution in [0.2, 0.25) is 0 Å². The molecule has 0 aliphatic heterocycles. The molecule has 104 valence electrons. The minimum Gasteiger partial charge on any atom is -0.384 e. The maximum Gasteiger partial charge on any atom is 0.325 e.